The van der Waals surface area contributed by atoms with Crippen molar-refractivity contribution in [3.8, 4) is 5.75 Å². The van der Waals surface area contributed by atoms with E-state index in [1.165, 1.54) is 0 Å². The van der Waals surface area contributed by atoms with Crippen LogP contribution in [0.4, 0.5) is 11.5 Å². The van der Waals surface area contributed by atoms with E-state index < -0.39 is 0 Å². The van der Waals surface area contributed by atoms with Crippen molar-refractivity contribution in [3.05, 3.63) is 90.3 Å². The number of aromatic nitrogens is 2. The zero-order chi connectivity index (χ0) is 18.5. The Morgan fingerprint density at radius 2 is 1.52 bits per heavy atom. The maximum Gasteiger partial charge on any atom is 0.154 e. The number of nitrogens with zero attached hydrogens (tertiary/aromatic N) is 2. The summed E-state index contributed by atoms with van der Waals surface area (Å²) in [6, 6.07) is 25.9. The minimum Gasteiger partial charge on any atom is -0.497 e. The molecule has 0 amide bonds. The van der Waals surface area contributed by atoms with Crippen molar-refractivity contribution in [2.45, 2.75) is 0 Å². The van der Waals surface area contributed by atoms with Crippen molar-refractivity contribution in [2.75, 3.05) is 12.4 Å². The van der Waals surface area contributed by atoms with Crippen LogP contribution in [0.25, 0.3) is 23.1 Å². The number of hydrogen-bond acceptors (Lipinski definition) is 4. The molecule has 0 saturated carbocycles. The largest absolute Gasteiger partial charge is 0.497 e. The molecule has 0 unspecified atom stereocenters. The SMILES string of the molecule is COc1ccc(Nc2nc(/C=C/c3ccccc3)nc3ccccc23)cc1. The number of methoxy groups -OCH3 is 1. The van der Waals surface area contributed by atoms with Crippen LogP contribution in [0.2, 0.25) is 0 Å². The van der Waals surface area contributed by atoms with E-state index >= 15 is 0 Å². The Bertz CT molecular complexity index is 1070. The number of hydrogen-bond donors (Lipinski definition) is 1. The Kier molecular flexibility index (Phi) is 4.79. The molecule has 0 aliphatic rings. The highest BCUT2D eigenvalue weighted by Gasteiger charge is 2.07. The average molecular weight is 353 g/mol. The van der Waals surface area contributed by atoms with Gasteiger partial charge in [-0.05, 0) is 48.0 Å². The third-order valence-corrected chi connectivity index (χ3v) is 4.20. The quantitative estimate of drug-likeness (QED) is 0.511. The lowest BCUT2D eigenvalue weighted by Crippen LogP contribution is -1.99. The Morgan fingerprint density at radius 3 is 2.30 bits per heavy atom. The molecule has 4 rings (SSSR count). The molecule has 1 aromatic heterocycles. The maximum atomic E-state index is 5.22. The molecule has 0 aliphatic carbocycles. The molecule has 3 aromatic carbocycles. The second kappa shape index (κ2) is 7.70. The van der Waals surface area contributed by atoms with E-state index in [4.69, 9.17) is 9.72 Å². The zero-order valence-electron chi connectivity index (χ0n) is 15.0. The molecule has 0 fully saturated rings. The van der Waals surface area contributed by atoms with Gasteiger partial charge in [0.15, 0.2) is 5.82 Å². The van der Waals surface area contributed by atoms with Gasteiger partial charge in [0.1, 0.15) is 11.6 Å². The third-order valence-electron chi connectivity index (χ3n) is 4.20. The molecule has 1 heterocycles. The summed E-state index contributed by atoms with van der Waals surface area (Å²) in [5.74, 6) is 2.26. The van der Waals surface area contributed by atoms with Crippen LogP contribution < -0.4 is 10.1 Å². The third kappa shape index (κ3) is 3.96. The highest BCUT2D eigenvalue weighted by Crippen LogP contribution is 2.25. The monoisotopic (exact) mass is 353 g/mol. The summed E-state index contributed by atoms with van der Waals surface area (Å²) in [4.78, 5) is 9.38. The summed E-state index contributed by atoms with van der Waals surface area (Å²) in [7, 11) is 1.66. The molecule has 0 atom stereocenters. The van der Waals surface area contributed by atoms with E-state index in [0.29, 0.717) is 5.82 Å². The minimum absolute atomic E-state index is 0.661. The summed E-state index contributed by atoms with van der Waals surface area (Å²) in [6.45, 7) is 0. The number of anilines is 2. The van der Waals surface area contributed by atoms with Gasteiger partial charge in [-0.25, -0.2) is 9.97 Å². The van der Waals surface area contributed by atoms with Crippen LogP contribution >= 0.6 is 0 Å². The first-order valence-corrected chi connectivity index (χ1v) is 8.73. The lowest BCUT2D eigenvalue weighted by Gasteiger charge is -2.10. The minimum atomic E-state index is 0.661. The predicted octanol–water partition coefficient (Wildman–Crippen LogP) is 5.55. The number of fused-ring (bicyclic) bond motifs is 1. The second-order valence-corrected chi connectivity index (χ2v) is 6.05. The van der Waals surface area contributed by atoms with Gasteiger partial charge in [0, 0.05) is 11.1 Å². The first-order valence-electron chi connectivity index (χ1n) is 8.73. The fourth-order valence-corrected chi connectivity index (χ4v) is 2.81. The van der Waals surface area contributed by atoms with Gasteiger partial charge in [0.05, 0.1) is 12.6 Å². The van der Waals surface area contributed by atoms with Crippen molar-refractivity contribution in [3.63, 3.8) is 0 Å². The van der Waals surface area contributed by atoms with Gasteiger partial charge in [0.25, 0.3) is 0 Å². The summed E-state index contributed by atoms with van der Waals surface area (Å²) in [5, 5.41) is 4.37. The molecular formula is C23H19N3O. The lowest BCUT2D eigenvalue weighted by atomic mass is 10.2. The topological polar surface area (TPSA) is 47.0 Å². The van der Waals surface area contributed by atoms with Crippen LogP contribution in [0.3, 0.4) is 0 Å². The molecule has 0 saturated heterocycles. The molecule has 4 heteroatoms. The fraction of sp³-hybridized carbons (Fsp3) is 0.0435. The molecule has 4 nitrogen and oxygen atoms in total. The van der Waals surface area contributed by atoms with E-state index in [1.54, 1.807) is 7.11 Å². The van der Waals surface area contributed by atoms with Crippen LogP contribution in [-0.4, -0.2) is 17.1 Å². The van der Waals surface area contributed by atoms with Gasteiger partial charge >= 0.3 is 0 Å². The van der Waals surface area contributed by atoms with Gasteiger partial charge in [0.2, 0.25) is 0 Å². The number of rotatable bonds is 5. The molecule has 4 aromatic rings. The Labute approximate surface area is 158 Å². The van der Waals surface area contributed by atoms with Crippen LogP contribution in [0, 0.1) is 0 Å². The Balaban J connectivity index is 1.70. The summed E-state index contributed by atoms with van der Waals surface area (Å²) >= 11 is 0. The highest BCUT2D eigenvalue weighted by molar-refractivity contribution is 5.91. The molecule has 0 spiro atoms. The van der Waals surface area contributed by atoms with Crippen molar-refractivity contribution in [1.82, 2.24) is 9.97 Å². The van der Waals surface area contributed by atoms with Crippen LogP contribution in [0.15, 0.2) is 78.9 Å². The standard InChI is InChI=1S/C23H19N3O/c1-27-19-14-12-18(13-15-19)24-23-20-9-5-6-10-21(20)25-22(26-23)16-11-17-7-3-2-4-8-17/h2-16H,1H3,(H,24,25,26)/b16-11+. The summed E-state index contributed by atoms with van der Waals surface area (Å²) in [5.41, 5.74) is 2.95. The van der Waals surface area contributed by atoms with Gasteiger partial charge in [-0.15, -0.1) is 0 Å². The van der Waals surface area contributed by atoms with Crippen molar-refractivity contribution >= 4 is 34.6 Å². The molecule has 0 aliphatic heterocycles. The average Bonchev–Trinajstić information content (AvgIpc) is 2.73. The summed E-state index contributed by atoms with van der Waals surface area (Å²) < 4.78 is 5.22. The normalized spacial score (nSPS) is 11.0. The van der Waals surface area contributed by atoms with E-state index in [1.807, 2.05) is 91.0 Å². The van der Waals surface area contributed by atoms with Crippen molar-refractivity contribution in [1.29, 1.82) is 0 Å². The van der Waals surface area contributed by atoms with Crippen molar-refractivity contribution in [2.24, 2.45) is 0 Å². The second-order valence-electron chi connectivity index (χ2n) is 6.05. The van der Waals surface area contributed by atoms with E-state index in [2.05, 4.69) is 10.3 Å². The molecule has 1 N–H and O–H groups in total. The molecular weight excluding hydrogens is 334 g/mol. The van der Waals surface area contributed by atoms with Gasteiger partial charge in [-0.1, -0.05) is 48.5 Å². The maximum absolute atomic E-state index is 5.22. The Morgan fingerprint density at radius 1 is 0.778 bits per heavy atom. The molecule has 0 radical (unpaired) electrons. The number of ether oxygens (including phenoxy) is 1. The molecule has 132 valence electrons. The fourth-order valence-electron chi connectivity index (χ4n) is 2.81. The highest BCUT2D eigenvalue weighted by atomic mass is 16.5. The number of para-hydroxylation sites is 1. The number of nitrogens with one attached hydrogen (secondary N) is 1. The molecule has 27 heavy (non-hydrogen) atoms. The van der Waals surface area contributed by atoms with E-state index in [9.17, 15) is 0 Å². The Hall–Kier alpha value is -3.66. The van der Waals surface area contributed by atoms with Crippen LogP contribution in [0.5, 0.6) is 5.75 Å². The van der Waals surface area contributed by atoms with Crippen LogP contribution in [0.1, 0.15) is 11.4 Å². The van der Waals surface area contributed by atoms with Gasteiger partial charge in [-0.2, -0.15) is 0 Å². The van der Waals surface area contributed by atoms with Crippen molar-refractivity contribution < 1.29 is 4.74 Å². The van der Waals surface area contributed by atoms with E-state index in [-0.39, 0.29) is 0 Å². The smallest absolute Gasteiger partial charge is 0.154 e. The predicted molar refractivity (Wildman–Crippen MR) is 111 cm³/mol. The zero-order valence-corrected chi connectivity index (χ0v) is 15.0. The lowest BCUT2D eigenvalue weighted by molar-refractivity contribution is 0.415. The first kappa shape index (κ1) is 16.8. The van der Waals surface area contributed by atoms with Gasteiger partial charge < -0.3 is 10.1 Å². The molecule has 0 bridgehead atoms. The number of benzene rings is 3. The van der Waals surface area contributed by atoms with Crippen LogP contribution in [-0.2, 0) is 0 Å². The first-order chi connectivity index (χ1) is 13.3. The van der Waals surface area contributed by atoms with E-state index in [0.717, 1.165) is 33.7 Å². The summed E-state index contributed by atoms with van der Waals surface area (Å²) in [6.07, 6.45) is 3.95. The van der Waals surface area contributed by atoms with Gasteiger partial charge in [-0.3, -0.25) is 0 Å².